The third-order valence-electron chi connectivity index (χ3n) is 6.92. The second-order valence-electron chi connectivity index (χ2n) is 9.79. The van der Waals surface area contributed by atoms with Crippen LogP contribution in [0.4, 0.5) is 4.39 Å². The molecule has 4 aromatic rings. The van der Waals surface area contributed by atoms with Gasteiger partial charge in [-0.2, -0.15) is 5.26 Å². The van der Waals surface area contributed by atoms with Gasteiger partial charge in [-0.3, -0.25) is 0 Å². The smallest absolute Gasteiger partial charge is 0.352 e. The molecule has 0 aromatic heterocycles. The Morgan fingerprint density at radius 3 is 2.26 bits per heavy atom. The summed E-state index contributed by atoms with van der Waals surface area (Å²) in [7, 11) is 0. The second kappa shape index (κ2) is 12.5. The summed E-state index contributed by atoms with van der Waals surface area (Å²) in [4.78, 5) is 12.8. The summed E-state index contributed by atoms with van der Waals surface area (Å²) in [5, 5.41) is 9.89. The lowest BCUT2D eigenvalue weighted by molar-refractivity contribution is -0.141. The molecule has 5 rings (SSSR count). The van der Waals surface area contributed by atoms with Crippen LogP contribution >= 0.6 is 0 Å². The van der Waals surface area contributed by atoms with Crippen LogP contribution in [-0.2, 0) is 17.8 Å². The minimum atomic E-state index is -0.846. The van der Waals surface area contributed by atoms with Crippen LogP contribution in [0, 0.1) is 17.1 Å². The van der Waals surface area contributed by atoms with Gasteiger partial charge in [-0.1, -0.05) is 49.4 Å². The molecule has 1 aliphatic heterocycles. The molecular weight excluding hydrogens is 535 g/mol. The molecule has 2 N–H and O–H groups in total. The van der Waals surface area contributed by atoms with Crippen molar-refractivity contribution in [1.29, 1.82) is 5.26 Å². The number of benzene rings is 4. The SMILES string of the molecule is CCc1ccc(OC(C)C(=O)Oc2ccc3c(c2)OC(N)=C(C#N)C3c2ccc(OCc3ccc(F)cc3)cc2)cc1. The van der Waals surface area contributed by atoms with Crippen molar-refractivity contribution in [3.8, 4) is 29.1 Å². The Balaban J connectivity index is 1.30. The minimum absolute atomic E-state index is 0.0256. The number of hydrogen-bond donors (Lipinski definition) is 1. The normalized spacial score (nSPS) is 14.7. The predicted octanol–water partition coefficient (Wildman–Crippen LogP) is 6.56. The molecular formula is C34H29FN2O5. The molecule has 0 amide bonds. The molecule has 42 heavy (non-hydrogen) atoms. The zero-order valence-electron chi connectivity index (χ0n) is 23.2. The summed E-state index contributed by atoms with van der Waals surface area (Å²) in [6.07, 6.45) is 0.0638. The molecule has 7 nitrogen and oxygen atoms in total. The maximum atomic E-state index is 13.2. The van der Waals surface area contributed by atoms with Crippen molar-refractivity contribution < 1.29 is 28.1 Å². The van der Waals surface area contributed by atoms with E-state index in [0.29, 0.717) is 22.8 Å². The predicted molar refractivity (Wildman–Crippen MR) is 154 cm³/mol. The zero-order valence-corrected chi connectivity index (χ0v) is 23.2. The highest BCUT2D eigenvalue weighted by molar-refractivity contribution is 5.77. The van der Waals surface area contributed by atoms with E-state index in [4.69, 9.17) is 24.7 Å². The Kier molecular flexibility index (Phi) is 8.39. The van der Waals surface area contributed by atoms with Crippen LogP contribution in [0.1, 0.15) is 42.0 Å². The van der Waals surface area contributed by atoms with Crippen LogP contribution in [0.3, 0.4) is 0 Å². The van der Waals surface area contributed by atoms with E-state index in [0.717, 1.165) is 17.5 Å². The van der Waals surface area contributed by atoms with Gasteiger partial charge in [0.25, 0.3) is 0 Å². The third kappa shape index (κ3) is 6.37. The number of hydrogen-bond acceptors (Lipinski definition) is 7. The first-order valence-corrected chi connectivity index (χ1v) is 13.5. The van der Waals surface area contributed by atoms with Crippen molar-refractivity contribution in [2.45, 2.75) is 38.9 Å². The Labute approximate surface area is 243 Å². The number of carbonyl (C=O) groups excluding carboxylic acids is 1. The van der Waals surface area contributed by atoms with E-state index in [-0.39, 0.29) is 29.6 Å². The number of fused-ring (bicyclic) bond motifs is 1. The first-order valence-electron chi connectivity index (χ1n) is 13.5. The molecule has 8 heteroatoms. The Morgan fingerprint density at radius 1 is 0.952 bits per heavy atom. The van der Waals surface area contributed by atoms with Crippen LogP contribution in [0.2, 0.25) is 0 Å². The number of allylic oxidation sites excluding steroid dienone is 1. The van der Waals surface area contributed by atoms with Gasteiger partial charge in [0.05, 0.1) is 5.92 Å². The van der Waals surface area contributed by atoms with Crippen molar-refractivity contribution in [3.63, 3.8) is 0 Å². The number of carbonyl (C=O) groups is 1. The fraction of sp³-hybridized carbons (Fsp3) is 0.176. The van der Waals surface area contributed by atoms with Crippen LogP contribution in [0.15, 0.2) is 102 Å². The molecule has 0 bridgehead atoms. The Bertz CT molecular complexity index is 1640. The van der Waals surface area contributed by atoms with Crippen molar-refractivity contribution in [2.24, 2.45) is 5.73 Å². The van der Waals surface area contributed by atoms with Gasteiger partial charge in [-0.05, 0) is 72.5 Å². The van der Waals surface area contributed by atoms with E-state index in [1.165, 1.54) is 17.7 Å². The van der Waals surface area contributed by atoms with Gasteiger partial charge in [0, 0.05) is 11.6 Å². The van der Waals surface area contributed by atoms with Crippen molar-refractivity contribution in [2.75, 3.05) is 0 Å². The summed E-state index contributed by atoms with van der Waals surface area (Å²) in [5.74, 6) is 0.425. The number of esters is 1. The minimum Gasteiger partial charge on any atom is -0.489 e. The highest BCUT2D eigenvalue weighted by Gasteiger charge is 2.31. The fourth-order valence-corrected chi connectivity index (χ4v) is 4.60. The summed E-state index contributed by atoms with van der Waals surface area (Å²) < 4.78 is 36.1. The third-order valence-corrected chi connectivity index (χ3v) is 6.92. The average molecular weight is 565 g/mol. The van der Waals surface area contributed by atoms with Crippen LogP contribution in [0.5, 0.6) is 23.0 Å². The van der Waals surface area contributed by atoms with Crippen molar-refractivity contribution in [1.82, 2.24) is 0 Å². The molecule has 0 aliphatic carbocycles. The maximum Gasteiger partial charge on any atom is 0.352 e. The van der Waals surface area contributed by atoms with E-state index in [1.807, 2.05) is 36.4 Å². The van der Waals surface area contributed by atoms with Gasteiger partial charge >= 0.3 is 5.97 Å². The van der Waals surface area contributed by atoms with Crippen molar-refractivity contribution in [3.05, 3.63) is 131 Å². The fourth-order valence-electron chi connectivity index (χ4n) is 4.60. The lowest BCUT2D eigenvalue weighted by Gasteiger charge is -2.27. The standard InChI is InChI=1S/C34H29FN2O5/c1-3-22-6-12-27(13-7-22)40-21(2)34(38)41-28-16-17-29-31(18-28)42-33(37)30(19-36)32(29)24-8-14-26(15-9-24)39-20-23-4-10-25(35)11-5-23/h4-18,21,32H,3,20,37H2,1-2H3. The Hall–Kier alpha value is -5.29. The van der Waals surface area contributed by atoms with Gasteiger partial charge in [-0.15, -0.1) is 0 Å². The Morgan fingerprint density at radius 2 is 1.60 bits per heavy atom. The summed E-state index contributed by atoms with van der Waals surface area (Å²) >= 11 is 0. The quantitative estimate of drug-likeness (QED) is 0.181. The maximum absolute atomic E-state index is 13.2. The second-order valence-corrected chi connectivity index (χ2v) is 9.79. The molecule has 0 spiro atoms. The molecule has 0 radical (unpaired) electrons. The number of nitriles is 1. The largest absolute Gasteiger partial charge is 0.489 e. The van der Waals surface area contributed by atoms with Crippen LogP contribution < -0.4 is 24.7 Å². The molecule has 2 unspecified atom stereocenters. The molecule has 2 atom stereocenters. The molecule has 0 fully saturated rings. The summed E-state index contributed by atoms with van der Waals surface area (Å²) in [5.41, 5.74) is 9.92. The lowest BCUT2D eigenvalue weighted by Crippen LogP contribution is -2.28. The van der Waals surface area contributed by atoms with Crippen LogP contribution in [0.25, 0.3) is 0 Å². The number of aryl methyl sites for hydroxylation is 1. The molecule has 0 saturated carbocycles. The molecule has 212 valence electrons. The van der Waals surface area contributed by atoms with Gasteiger partial charge in [0.1, 0.15) is 47.1 Å². The summed E-state index contributed by atoms with van der Waals surface area (Å²) in [6.45, 7) is 3.97. The highest BCUT2D eigenvalue weighted by atomic mass is 19.1. The molecule has 1 aliphatic rings. The number of ether oxygens (including phenoxy) is 4. The average Bonchev–Trinajstić information content (AvgIpc) is 3.00. The summed E-state index contributed by atoms with van der Waals surface area (Å²) in [6, 6.07) is 28.1. The number of rotatable bonds is 9. The van der Waals surface area contributed by atoms with E-state index in [2.05, 4.69) is 13.0 Å². The van der Waals surface area contributed by atoms with Crippen molar-refractivity contribution >= 4 is 5.97 Å². The first kappa shape index (κ1) is 28.2. The number of nitrogens with two attached hydrogens (primary N) is 1. The van der Waals surface area contributed by atoms with E-state index in [1.54, 1.807) is 49.4 Å². The van der Waals surface area contributed by atoms with Gasteiger partial charge in [0.15, 0.2) is 6.10 Å². The van der Waals surface area contributed by atoms with Gasteiger partial charge in [0.2, 0.25) is 5.88 Å². The lowest BCUT2D eigenvalue weighted by atomic mass is 9.83. The van der Waals surface area contributed by atoms with E-state index < -0.39 is 18.0 Å². The molecule has 1 heterocycles. The first-order chi connectivity index (χ1) is 20.3. The number of halogens is 1. The van der Waals surface area contributed by atoms with E-state index >= 15 is 0 Å². The number of nitrogens with zero attached hydrogens (tertiary/aromatic N) is 1. The van der Waals surface area contributed by atoms with E-state index in [9.17, 15) is 14.4 Å². The molecule has 0 saturated heterocycles. The van der Waals surface area contributed by atoms with Crippen LogP contribution in [-0.4, -0.2) is 12.1 Å². The monoisotopic (exact) mass is 564 g/mol. The zero-order chi connectivity index (χ0) is 29.6. The van der Waals surface area contributed by atoms with Gasteiger partial charge < -0.3 is 24.7 Å². The topological polar surface area (TPSA) is 104 Å². The highest BCUT2D eigenvalue weighted by Crippen LogP contribution is 2.43. The molecule has 4 aromatic carbocycles. The van der Waals surface area contributed by atoms with Gasteiger partial charge in [-0.25, -0.2) is 9.18 Å².